The van der Waals surface area contributed by atoms with Crippen LogP contribution in [0.5, 0.6) is 5.75 Å². The predicted octanol–water partition coefficient (Wildman–Crippen LogP) is 1.54. The molecular weight excluding hydrogens is 184 g/mol. The molecule has 0 aromatic heterocycles. The van der Waals surface area contributed by atoms with Gasteiger partial charge in [-0.15, -0.1) is 0 Å². The van der Waals surface area contributed by atoms with Crippen molar-refractivity contribution in [3.8, 4) is 5.75 Å². The molecule has 0 aliphatic rings. The first-order chi connectivity index (χ1) is 6.69. The van der Waals surface area contributed by atoms with Crippen LogP contribution in [0.25, 0.3) is 0 Å². The summed E-state index contributed by atoms with van der Waals surface area (Å²) in [6, 6.07) is 4.70. The molecular formula is C10H12O4. The van der Waals surface area contributed by atoms with Crippen LogP contribution >= 0.6 is 0 Å². The van der Waals surface area contributed by atoms with Crippen molar-refractivity contribution in [2.24, 2.45) is 0 Å². The van der Waals surface area contributed by atoms with Crippen LogP contribution in [0.2, 0.25) is 0 Å². The van der Waals surface area contributed by atoms with Gasteiger partial charge >= 0.3 is 5.97 Å². The summed E-state index contributed by atoms with van der Waals surface area (Å²) in [6.07, 6.45) is 0. The molecule has 0 atom stereocenters. The third kappa shape index (κ3) is 2.23. The fraction of sp³-hybridized carbons (Fsp3) is 0.300. The minimum Gasteiger partial charge on any atom is -0.496 e. The van der Waals surface area contributed by atoms with Gasteiger partial charge in [-0.05, 0) is 12.1 Å². The molecule has 0 spiro atoms. The van der Waals surface area contributed by atoms with Crippen molar-refractivity contribution in [2.75, 3.05) is 14.2 Å². The molecule has 1 N–H and O–H groups in total. The van der Waals surface area contributed by atoms with Crippen molar-refractivity contribution < 1.29 is 19.4 Å². The number of hydrogen-bond donors (Lipinski definition) is 1. The molecule has 14 heavy (non-hydrogen) atoms. The second kappa shape index (κ2) is 4.62. The molecule has 0 bridgehead atoms. The number of methoxy groups -OCH3 is 2. The molecule has 0 saturated heterocycles. The van der Waals surface area contributed by atoms with Crippen LogP contribution < -0.4 is 4.74 Å². The van der Waals surface area contributed by atoms with E-state index in [4.69, 9.17) is 14.6 Å². The quantitative estimate of drug-likeness (QED) is 0.793. The first kappa shape index (κ1) is 10.5. The van der Waals surface area contributed by atoms with Gasteiger partial charge in [0.1, 0.15) is 5.75 Å². The number of rotatable bonds is 4. The average Bonchev–Trinajstić information content (AvgIpc) is 2.18. The van der Waals surface area contributed by atoms with Gasteiger partial charge in [0.15, 0.2) is 0 Å². The number of aromatic carboxylic acids is 1. The predicted molar refractivity (Wildman–Crippen MR) is 50.7 cm³/mol. The third-order valence-corrected chi connectivity index (χ3v) is 1.83. The highest BCUT2D eigenvalue weighted by molar-refractivity contribution is 5.88. The van der Waals surface area contributed by atoms with E-state index in [-0.39, 0.29) is 5.56 Å². The Balaban J connectivity index is 3.04. The van der Waals surface area contributed by atoms with Crippen LogP contribution in [0, 0.1) is 0 Å². The number of benzene rings is 1. The lowest BCUT2D eigenvalue weighted by Crippen LogP contribution is -2.00. The largest absolute Gasteiger partial charge is 0.496 e. The first-order valence-electron chi connectivity index (χ1n) is 4.08. The second-order valence-electron chi connectivity index (χ2n) is 2.76. The molecule has 0 fully saturated rings. The Morgan fingerprint density at radius 2 is 2.14 bits per heavy atom. The van der Waals surface area contributed by atoms with Gasteiger partial charge in [-0.3, -0.25) is 0 Å². The lowest BCUT2D eigenvalue weighted by Gasteiger charge is -2.08. The van der Waals surface area contributed by atoms with E-state index < -0.39 is 5.97 Å². The van der Waals surface area contributed by atoms with Crippen LogP contribution in [0.15, 0.2) is 18.2 Å². The molecule has 76 valence electrons. The molecule has 0 saturated carbocycles. The van der Waals surface area contributed by atoms with Crippen molar-refractivity contribution in [3.05, 3.63) is 29.3 Å². The smallest absolute Gasteiger partial charge is 0.335 e. The van der Waals surface area contributed by atoms with E-state index in [2.05, 4.69) is 0 Å². The van der Waals surface area contributed by atoms with Gasteiger partial charge < -0.3 is 14.6 Å². The highest BCUT2D eigenvalue weighted by Crippen LogP contribution is 2.20. The Hall–Kier alpha value is -1.55. The fourth-order valence-electron chi connectivity index (χ4n) is 1.15. The standard InChI is InChI=1S/C10H12O4/c1-13-6-8-4-3-7(10(11)12)5-9(8)14-2/h3-5H,6H2,1-2H3,(H,11,12). The van der Waals surface area contributed by atoms with E-state index in [1.54, 1.807) is 13.2 Å². The zero-order chi connectivity index (χ0) is 10.6. The maximum Gasteiger partial charge on any atom is 0.335 e. The lowest BCUT2D eigenvalue weighted by molar-refractivity contribution is 0.0696. The summed E-state index contributed by atoms with van der Waals surface area (Å²) in [5.74, 6) is -0.431. The Kier molecular flexibility index (Phi) is 3.48. The molecule has 1 aromatic carbocycles. The van der Waals surface area contributed by atoms with Crippen molar-refractivity contribution in [1.82, 2.24) is 0 Å². The minimum absolute atomic E-state index is 0.210. The van der Waals surface area contributed by atoms with E-state index >= 15 is 0 Å². The molecule has 1 aromatic rings. The summed E-state index contributed by atoms with van der Waals surface area (Å²) in [6.45, 7) is 0.406. The monoisotopic (exact) mass is 196 g/mol. The summed E-state index contributed by atoms with van der Waals surface area (Å²) >= 11 is 0. The Bertz CT molecular complexity index is 333. The van der Waals surface area contributed by atoms with Gasteiger partial charge in [0.2, 0.25) is 0 Å². The SMILES string of the molecule is COCc1ccc(C(=O)O)cc1OC. The molecule has 0 aliphatic carbocycles. The highest BCUT2D eigenvalue weighted by atomic mass is 16.5. The van der Waals surface area contributed by atoms with Gasteiger partial charge in [-0.2, -0.15) is 0 Å². The maximum atomic E-state index is 10.7. The number of carboxylic acids is 1. The van der Waals surface area contributed by atoms with Crippen LogP contribution in [0.1, 0.15) is 15.9 Å². The van der Waals surface area contributed by atoms with Gasteiger partial charge in [0.05, 0.1) is 19.3 Å². The average molecular weight is 196 g/mol. The van der Waals surface area contributed by atoms with E-state index in [0.717, 1.165) is 5.56 Å². The van der Waals surface area contributed by atoms with Crippen molar-refractivity contribution >= 4 is 5.97 Å². The van der Waals surface area contributed by atoms with Gasteiger partial charge in [-0.1, -0.05) is 6.07 Å². The highest BCUT2D eigenvalue weighted by Gasteiger charge is 2.08. The molecule has 0 amide bonds. The van der Waals surface area contributed by atoms with Gasteiger partial charge in [0.25, 0.3) is 0 Å². The number of hydrogen-bond acceptors (Lipinski definition) is 3. The lowest BCUT2D eigenvalue weighted by atomic mass is 10.1. The van der Waals surface area contributed by atoms with Crippen molar-refractivity contribution in [3.63, 3.8) is 0 Å². The number of carboxylic acid groups (broad SMARTS) is 1. The topological polar surface area (TPSA) is 55.8 Å². The number of ether oxygens (including phenoxy) is 2. The summed E-state index contributed by atoms with van der Waals surface area (Å²) in [4.78, 5) is 10.7. The van der Waals surface area contributed by atoms with Crippen LogP contribution in [-0.2, 0) is 11.3 Å². The third-order valence-electron chi connectivity index (χ3n) is 1.83. The summed E-state index contributed by atoms with van der Waals surface area (Å²) < 4.78 is 9.99. The summed E-state index contributed by atoms with van der Waals surface area (Å²) in [5, 5.41) is 8.74. The van der Waals surface area contributed by atoms with E-state index in [9.17, 15) is 4.79 Å². The zero-order valence-electron chi connectivity index (χ0n) is 8.11. The second-order valence-corrected chi connectivity index (χ2v) is 2.76. The number of carbonyl (C=O) groups is 1. The Morgan fingerprint density at radius 3 is 2.64 bits per heavy atom. The summed E-state index contributed by atoms with van der Waals surface area (Å²) in [7, 11) is 3.07. The van der Waals surface area contributed by atoms with Crippen LogP contribution in [0.4, 0.5) is 0 Å². The normalized spacial score (nSPS) is 9.86. The Morgan fingerprint density at radius 1 is 1.43 bits per heavy atom. The molecule has 4 nitrogen and oxygen atoms in total. The molecule has 4 heteroatoms. The summed E-state index contributed by atoms with van der Waals surface area (Å²) in [5.41, 5.74) is 1.04. The van der Waals surface area contributed by atoms with E-state index in [1.807, 2.05) is 0 Å². The van der Waals surface area contributed by atoms with Crippen molar-refractivity contribution in [2.45, 2.75) is 6.61 Å². The maximum absolute atomic E-state index is 10.7. The molecule has 0 radical (unpaired) electrons. The van der Waals surface area contributed by atoms with E-state index in [1.165, 1.54) is 19.2 Å². The molecule has 0 unspecified atom stereocenters. The fourth-order valence-corrected chi connectivity index (χ4v) is 1.15. The van der Waals surface area contributed by atoms with Crippen LogP contribution in [0.3, 0.4) is 0 Å². The molecule has 0 aliphatic heterocycles. The molecule has 0 heterocycles. The Labute approximate surface area is 82.1 Å². The van der Waals surface area contributed by atoms with Gasteiger partial charge in [0, 0.05) is 12.7 Å². The minimum atomic E-state index is -0.965. The first-order valence-corrected chi connectivity index (χ1v) is 4.08. The van der Waals surface area contributed by atoms with Crippen molar-refractivity contribution in [1.29, 1.82) is 0 Å². The van der Waals surface area contributed by atoms with E-state index in [0.29, 0.717) is 12.4 Å². The molecule has 1 rings (SSSR count). The van der Waals surface area contributed by atoms with Gasteiger partial charge in [-0.25, -0.2) is 4.79 Å². The zero-order valence-corrected chi connectivity index (χ0v) is 8.11. The van der Waals surface area contributed by atoms with Crippen LogP contribution in [-0.4, -0.2) is 25.3 Å².